The van der Waals surface area contributed by atoms with Crippen LogP contribution in [0.4, 0.5) is 5.82 Å². The molecule has 1 fully saturated rings. The molecule has 2 aromatic heterocycles. The molecule has 5 nitrogen and oxygen atoms in total. The van der Waals surface area contributed by atoms with E-state index < -0.39 is 0 Å². The van der Waals surface area contributed by atoms with Crippen LogP contribution in [0.2, 0.25) is 0 Å². The molecule has 0 bridgehead atoms. The molecule has 3 heterocycles. The number of anilines is 1. The van der Waals surface area contributed by atoms with Gasteiger partial charge in [0.15, 0.2) is 5.82 Å². The number of nitrogens with zero attached hydrogens (tertiary/aromatic N) is 3. The fourth-order valence-electron chi connectivity index (χ4n) is 2.08. The zero-order valence-electron chi connectivity index (χ0n) is 9.37. The lowest BCUT2D eigenvalue weighted by atomic mass is 10.3. The van der Waals surface area contributed by atoms with E-state index in [4.69, 9.17) is 0 Å². The number of rotatable bonds is 2. The first-order chi connectivity index (χ1) is 8.33. The van der Waals surface area contributed by atoms with E-state index >= 15 is 0 Å². The van der Waals surface area contributed by atoms with Crippen molar-refractivity contribution >= 4 is 5.82 Å². The van der Waals surface area contributed by atoms with Gasteiger partial charge in [-0.1, -0.05) is 0 Å². The summed E-state index contributed by atoms with van der Waals surface area (Å²) in [6, 6.07) is 7.78. The second-order valence-electron chi connectivity index (χ2n) is 4.25. The van der Waals surface area contributed by atoms with E-state index in [1.165, 1.54) is 0 Å². The van der Waals surface area contributed by atoms with Crippen LogP contribution >= 0.6 is 0 Å². The highest BCUT2D eigenvalue weighted by molar-refractivity contribution is 5.55. The summed E-state index contributed by atoms with van der Waals surface area (Å²) in [6.45, 7) is 1.49. The molecular weight excluding hydrogens is 216 g/mol. The van der Waals surface area contributed by atoms with E-state index in [0.717, 1.165) is 30.2 Å². The number of hydrogen-bond donors (Lipinski definition) is 2. The molecule has 1 atom stereocenters. The Morgan fingerprint density at radius 1 is 1.29 bits per heavy atom. The average molecular weight is 230 g/mol. The molecule has 0 radical (unpaired) electrons. The minimum Gasteiger partial charge on any atom is -0.391 e. The van der Waals surface area contributed by atoms with Crippen molar-refractivity contribution in [1.82, 2.24) is 15.2 Å². The summed E-state index contributed by atoms with van der Waals surface area (Å²) in [4.78, 5) is 5.15. The number of β-amino-alcohol motifs (C(OH)–C–C–N with tert-alkyl or cyclic N) is 1. The Hall–Kier alpha value is -1.88. The quantitative estimate of drug-likeness (QED) is 0.809. The Labute approximate surface area is 99.1 Å². The van der Waals surface area contributed by atoms with Crippen LogP contribution in [0.5, 0.6) is 0 Å². The van der Waals surface area contributed by atoms with E-state index in [-0.39, 0.29) is 6.10 Å². The molecule has 0 aliphatic carbocycles. The zero-order chi connectivity index (χ0) is 11.7. The molecule has 1 aliphatic rings. The van der Waals surface area contributed by atoms with Gasteiger partial charge in [0.05, 0.1) is 11.8 Å². The van der Waals surface area contributed by atoms with Gasteiger partial charge in [0.2, 0.25) is 0 Å². The molecule has 2 aromatic rings. The second-order valence-corrected chi connectivity index (χ2v) is 4.25. The van der Waals surface area contributed by atoms with E-state index in [9.17, 15) is 5.11 Å². The van der Waals surface area contributed by atoms with Crippen molar-refractivity contribution in [2.45, 2.75) is 12.5 Å². The predicted octanol–water partition coefficient (Wildman–Crippen LogP) is 1.04. The summed E-state index contributed by atoms with van der Waals surface area (Å²) in [5, 5.41) is 17.9. The highest BCUT2D eigenvalue weighted by atomic mass is 16.3. The number of H-pyrrole nitrogens is 1. The van der Waals surface area contributed by atoms with E-state index in [1.807, 2.05) is 30.5 Å². The molecule has 1 aliphatic heterocycles. The van der Waals surface area contributed by atoms with Gasteiger partial charge < -0.3 is 15.0 Å². The van der Waals surface area contributed by atoms with Gasteiger partial charge in [-0.25, -0.2) is 0 Å². The Bertz CT molecular complexity index is 480. The van der Waals surface area contributed by atoms with Crippen molar-refractivity contribution in [3.8, 4) is 11.4 Å². The first kappa shape index (κ1) is 10.3. The van der Waals surface area contributed by atoms with Gasteiger partial charge in [-0.3, -0.25) is 0 Å². The Morgan fingerprint density at radius 3 is 2.82 bits per heavy atom. The van der Waals surface area contributed by atoms with Crippen LogP contribution < -0.4 is 4.90 Å². The number of aliphatic hydroxyl groups excluding tert-OH is 1. The lowest BCUT2D eigenvalue weighted by Crippen LogP contribution is -2.22. The van der Waals surface area contributed by atoms with Crippen molar-refractivity contribution < 1.29 is 5.11 Å². The number of aromatic nitrogens is 3. The lowest BCUT2D eigenvalue weighted by Gasteiger charge is -2.15. The van der Waals surface area contributed by atoms with Crippen LogP contribution in [0.15, 0.2) is 30.5 Å². The highest BCUT2D eigenvalue weighted by Gasteiger charge is 2.21. The van der Waals surface area contributed by atoms with Crippen molar-refractivity contribution in [2.75, 3.05) is 18.0 Å². The Kier molecular flexibility index (Phi) is 2.53. The fourth-order valence-corrected chi connectivity index (χ4v) is 2.08. The van der Waals surface area contributed by atoms with Crippen LogP contribution in [0.1, 0.15) is 6.42 Å². The summed E-state index contributed by atoms with van der Waals surface area (Å²) >= 11 is 0. The summed E-state index contributed by atoms with van der Waals surface area (Å²) in [5.41, 5.74) is 1.80. The van der Waals surface area contributed by atoms with Gasteiger partial charge in [-0.15, -0.1) is 10.2 Å². The average Bonchev–Trinajstić information content (AvgIpc) is 3.00. The molecule has 0 amide bonds. The summed E-state index contributed by atoms with van der Waals surface area (Å²) < 4.78 is 0. The molecule has 88 valence electrons. The maximum atomic E-state index is 9.47. The first-order valence-corrected chi connectivity index (χ1v) is 5.73. The lowest BCUT2D eigenvalue weighted by molar-refractivity contribution is 0.198. The Morgan fingerprint density at radius 2 is 2.24 bits per heavy atom. The molecule has 17 heavy (non-hydrogen) atoms. The van der Waals surface area contributed by atoms with E-state index in [0.29, 0.717) is 6.54 Å². The molecule has 0 saturated carbocycles. The van der Waals surface area contributed by atoms with Crippen LogP contribution in [0, 0.1) is 0 Å². The minimum atomic E-state index is -0.236. The van der Waals surface area contributed by atoms with Crippen molar-refractivity contribution in [3.05, 3.63) is 30.5 Å². The summed E-state index contributed by atoms with van der Waals surface area (Å²) in [5.74, 6) is 0.830. The number of nitrogens with one attached hydrogen (secondary N) is 1. The summed E-state index contributed by atoms with van der Waals surface area (Å²) in [6.07, 6.45) is 2.43. The molecule has 0 aromatic carbocycles. The van der Waals surface area contributed by atoms with Crippen LogP contribution in [-0.2, 0) is 0 Å². The number of aliphatic hydroxyl groups is 1. The molecule has 3 rings (SSSR count). The largest absolute Gasteiger partial charge is 0.391 e. The van der Waals surface area contributed by atoms with Crippen LogP contribution in [0.25, 0.3) is 11.4 Å². The van der Waals surface area contributed by atoms with Gasteiger partial charge >= 0.3 is 0 Å². The Balaban J connectivity index is 1.81. The van der Waals surface area contributed by atoms with Gasteiger partial charge in [0.25, 0.3) is 0 Å². The monoisotopic (exact) mass is 230 g/mol. The normalized spacial score (nSPS) is 19.8. The number of hydrogen-bond acceptors (Lipinski definition) is 4. The van der Waals surface area contributed by atoms with Gasteiger partial charge in [0.1, 0.15) is 5.69 Å². The minimum absolute atomic E-state index is 0.236. The van der Waals surface area contributed by atoms with Crippen LogP contribution in [-0.4, -0.2) is 39.5 Å². The molecular formula is C12H14N4O. The number of aromatic amines is 1. The first-order valence-electron chi connectivity index (χ1n) is 5.73. The maximum Gasteiger partial charge on any atom is 0.151 e. The molecule has 0 spiro atoms. The third-order valence-corrected chi connectivity index (χ3v) is 3.01. The van der Waals surface area contributed by atoms with Crippen LogP contribution in [0.3, 0.4) is 0 Å². The van der Waals surface area contributed by atoms with Gasteiger partial charge in [-0.2, -0.15) is 0 Å². The second kappa shape index (κ2) is 4.18. The van der Waals surface area contributed by atoms with E-state index in [1.54, 1.807) is 0 Å². The standard InChI is InChI=1S/C12H14N4O/c17-9-5-7-16(8-9)12-4-3-11(14-15-12)10-2-1-6-13-10/h1-4,6,9,13,17H,5,7-8H2. The van der Waals surface area contributed by atoms with Crippen molar-refractivity contribution in [2.24, 2.45) is 0 Å². The summed E-state index contributed by atoms with van der Waals surface area (Å²) in [7, 11) is 0. The van der Waals surface area contributed by atoms with Crippen molar-refractivity contribution in [3.63, 3.8) is 0 Å². The SMILES string of the molecule is OC1CCN(c2ccc(-c3ccc[nH]3)nn2)C1. The zero-order valence-corrected chi connectivity index (χ0v) is 9.37. The molecule has 1 unspecified atom stereocenters. The topological polar surface area (TPSA) is 65.0 Å². The molecule has 5 heteroatoms. The smallest absolute Gasteiger partial charge is 0.151 e. The molecule has 1 saturated heterocycles. The molecule has 2 N–H and O–H groups in total. The third-order valence-electron chi connectivity index (χ3n) is 3.01. The third kappa shape index (κ3) is 2.01. The van der Waals surface area contributed by atoms with Gasteiger partial charge in [-0.05, 0) is 30.7 Å². The fraction of sp³-hybridized carbons (Fsp3) is 0.333. The maximum absolute atomic E-state index is 9.47. The van der Waals surface area contributed by atoms with E-state index in [2.05, 4.69) is 20.1 Å². The van der Waals surface area contributed by atoms with Crippen molar-refractivity contribution in [1.29, 1.82) is 0 Å². The highest BCUT2D eigenvalue weighted by Crippen LogP contribution is 2.19. The van der Waals surface area contributed by atoms with Gasteiger partial charge in [0, 0.05) is 19.3 Å². The predicted molar refractivity (Wildman–Crippen MR) is 64.7 cm³/mol.